The quantitative estimate of drug-likeness (QED) is 0.731. The number of fused-ring (bicyclic) bond motifs is 1. The highest BCUT2D eigenvalue weighted by atomic mass is 19.1. The summed E-state index contributed by atoms with van der Waals surface area (Å²) in [4.78, 5) is 8.41. The number of benzene rings is 1. The number of rotatable bonds is 1. The van der Waals surface area contributed by atoms with Gasteiger partial charge >= 0.3 is 0 Å². The Bertz CT molecular complexity index is 780. The highest BCUT2D eigenvalue weighted by Crippen LogP contribution is 2.24. The van der Waals surface area contributed by atoms with Gasteiger partial charge in [0.15, 0.2) is 5.65 Å². The van der Waals surface area contributed by atoms with Gasteiger partial charge in [0.2, 0.25) is 5.95 Å². The molecule has 0 saturated heterocycles. The van der Waals surface area contributed by atoms with E-state index in [4.69, 9.17) is 5.73 Å². The Balaban J connectivity index is 2.35. The molecule has 0 fully saturated rings. The van der Waals surface area contributed by atoms with Crippen LogP contribution in [0.5, 0.6) is 0 Å². The third-order valence-corrected chi connectivity index (χ3v) is 2.82. The maximum absolute atomic E-state index is 13.9. The van der Waals surface area contributed by atoms with Gasteiger partial charge in [-0.15, -0.1) is 0 Å². The Labute approximate surface area is 107 Å². The summed E-state index contributed by atoms with van der Waals surface area (Å²) >= 11 is 0. The van der Waals surface area contributed by atoms with E-state index in [1.165, 1.54) is 16.7 Å². The van der Waals surface area contributed by atoms with Gasteiger partial charge in [0, 0.05) is 11.8 Å². The lowest BCUT2D eigenvalue weighted by Crippen LogP contribution is -2.04. The molecule has 2 aromatic heterocycles. The van der Waals surface area contributed by atoms with Gasteiger partial charge in [0.05, 0.1) is 5.69 Å². The lowest BCUT2D eigenvalue weighted by Gasteiger charge is -2.07. The molecule has 6 heteroatoms. The van der Waals surface area contributed by atoms with Crippen LogP contribution in [0.15, 0.2) is 30.3 Å². The molecule has 0 atom stereocenters. The van der Waals surface area contributed by atoms with Gasteiger partial charge < -0.3 is 5.73 Å². The molecule has 3 aromatic rings. The van der Waals surface area contributed by atoms with Crippen molar-refractivity contribution in [1.29, 1.82) is 0 Å². The van der Waals surface area contributed by atoms with Gasteiger partial charge in [0.1, 0.15) is 17.2 Å². The van der Waals surface area contributed by atoms with Crippen molar-refractivity contribution in [3.05, 3.63) is 47.7 Å². The average Bonchev–Trinajstić information content (AvgIpc) is 2.65. The van der Waals surface area contributed by atoms with Crippen LogP contribution in [-0.4, -0.2) is 14.5 Å². The largest absolute Gasteiger partial charge is 0.369 e. The molecule has 2 N–H and O–H groups in total. The van der Waals surface area contributed by atoms with E-state index < -0.39 is 11.6 Å². The standard InChI is InChI=1S/C13H10F2N4/c1-7-2-4-10-12(17-7)19(13(16)18-10)11-5-3-8(14)6-9(11)15/h2-6H,1H3,(H2,16,18). The Morgan fingerprint density at radius 1 is 1.11 bits per heavy atom. The second-order valence-electron chi connectivity index (χ2n) is 4.20. The molecule has 0 radical (unpaired) electrons. The number of nitrogen functional groups attached to an aromatic ring is 1. The number of nitrogens with zero attached hydrogens (tertiary/aromatic N) is 3. The predicted molar refractivity (Wildman–Crippen MR) is 67.9 cm³/mol. The zero-order valence-corrected chi connectivity index (χ0v) is 10.1. The number of nitrogens with two attached hydrogens (primary N) is 1. The summed E-state index contributed by atoms with van der Waals surface area (Å²) < 4.78 is 28.2. The van der Waals surface area contributed by atoms with Crippen LogP contribution < -0.4 is 5.73 Å². The fourth-order valence-electron chi connectivity index (χ4n) is 1.97. The molecule has 4 nitrogen and oxygen atoms in total. The first-order valence-electron chi connectivity index (χ1n) is 5.63. The number of imidazole rings is 1. The van der Waals surface area contributed by atoms with Crippen molar-refractivity contribution < 1.29 is 8.78 Å². The predicted octanol–water partition coefficient (Wildman–Crippen LogP) is 2.59. The van der Waals surface area contributed by atoms with E-state index in [1.807, 2.05) is 6.92 Å². The summed E-state index contributed by atoms with van der Waals surface area (Å²) in [6.45, 7) is 1.81. The molecule has 0 saturated carbocycles. The van der Waals surface area contributed by atoms with Crippen molar-refractivity contribution in [2.75, 3.05) is 5.73 Å². The molecule has 0 aliphatic carbocycles. The molecule has 0 spiro atoms. The molecular weight excluding hydrogens is 250 g/mol. The number of hydrogen-bond acceptors (Lipinski definition) is 3. The minimum Gasteiger partial charge on any atom is -0.369 e. The number of pyridine rings is 1. The van der Waals surface area contributed by atoms with E-state index in [2.05, 4.69) is 9.97 Å². The monoisotopic (exact) mass is 260 g/mol. The van der Waals surface area contributed by atoms with Gasteiger partial charge in [-0.25, -0.2) is 18.7 Å². The third kappa shape index (κ3) is 1.81. The maximum Gasteiger partial charge on any atom is 0.207 e. The van der Waals surface area contributed by atoms with Crippen LogP contribution in [0.3, 0.4) is 0 Å². The Hall–Kier alpha value is -2.50. The van der Waals surface area contributed by atoms with Gasteiger partial charge in [-0.3, -0.25) is 4.57 Å². The molecule has 19 heavy (non-hydrogen) atoms. The number of aromatic nitrogens is 3. The Morgan fingerprint density at radius 3 is 2.63 bits per heavy atom. The summed E-state index contributed by atoms with van der Waals surface area (Å²) in [5.41, 5.74) is 7.69. The van der Waals surface area contributed by atoms with Gasteiger partial charge in [-0.2, -0.15) is 0 Å². The first-order chi connectivity index (χ1) is 9.06. The first-order valence-corrected chi connectivity index (χ1v) is 5.63. The smallest absolute Gasteiger partial charge is 0.207 e. The molecular formula is C13H10F2N4. The van der Waals surface area contributed by atoms with Crippen LogP contribution in [-0.2, 0) is 0 Å². The minimum absolute atomic E-state index is 0.110. The lowest BCUT2D eigenvalue weighted by atomic mass is 10.3. The van der Waals surface area contributed by atoms with E-state index >= 15 is 0 Å². The zero-order valence-electron chi connectivity index (χ0n) is 10.1. The summed E-state index contributed by atoms with van der Waals surface area (Å²) in [5, 5.41) is 0. The lowest BCUT2D eigenvalue weighted by molar-refractivity contribution is 0.578. The highest BCUT2D eigenvalue weighted by Gasteiger charge is 2.15. The third-order valence-electron chi connectivity index (χ3n) is 2.82. The van der Waals surface area contributed by atoms with Crippen molar-refractivity contribution in [3.63, 3.8) is 0 Å². The number of hydrogen-bond donors (Lipinski definition) is 1. The van der Waals surface area contributed by atoms with Crippen LogP contribution in [0.4, 0.5) is 14.7 Å². The molecule has 0 amide bonds. The van der Waals surface area contributed by atoms with Crippen LogP contribution in [0.2, 0.25) is 0 Å². The van der Waals surface area contributed by atoms with Crippen LogP contribution >= 0.6 is 0 Å². The fourth-order valence-corrected chi connectivity index (χ4v) is 1.97. The van der Waals surface area contributed by atoms with Crippen molar-refractivity contribution >= 4 is 17.1 Å². The normalized spacial score (nSPS) is 11.1. The Morgan fingerprint density at radius 2 is 1.89 bits per heavy atom. The second-order valence-corrected chi connectivity index (χ2v) is 4.20. The van der Waals surface area contributed by atoms with E-state index in [0.717, 1.165) is 11.8 Å². The van der Waals surface area contributed by atoms with Gasteiger partial charge in [-0.05, 0) is 31.2 Å². The molecule has 0 unspecified atom stereocenters. The molecule has 0 bridgehead atoms. The molecule has 0 aliphatic heterocycles. The summed E-state index contributed by atoms with van der Waals surface area (Å²) in [6.07, 6.45) is 0. The molecule has 1 aromatic carbocycles. The number of anilines is 1. The van der Waals surface area contributed by atoms with Crippen LogP contribution in [0.25, 0.3) is 16.9 Å². The average molecular weight is 260 g/mol. The summed E-state index contributed by atoms with van der Waals surface area (Å²) in [6, 6.07) is 6.83. The van der Waals surface area contributed by atoms with Gasteiger partial charge in [-0.1, -0.05) is 0 Å². The van der Waals surface area contributed by atoms with Crippen LogP contribution in [0.1, 0.15) is 5.69 Å². The summed E-state index contributed by atoms with van der Waals surface area (Å²) in [5.74, 6) is -1.25. The highest BCUT2D eigenvalue weighted by molar-refractivity contribution is 5.77. The van der Waals surface area contributed by atoms with Crippen LogP contribution in [0, 0.1) is 18.6 Å². The second kappa shape index (κ2) is 4.01. The van der Waals surface area contributed by atoms with E-state index in [9.17, 15) is 8.78 Å². The molecule has 3 rings (SSSR count). The number of halogens is 2. The fraction of sp³-hybridized carbons (Fsp3) is 0.0769. The van der Waals surface area contributed by atoms with E-state index in [1.54, 1.807) is 12.1 Å². The van der Waals surface area contributed by atoms with Crippen molar-refractivity contribution in [3.8, 4) is 5.69 Å². The van der Waals surface area contributed by atoms with Gasteiger partial charge in [0.25, 0.3) is 0 Å². The van der Waals surface area contributed by atoms with Crippen molar-refractivity contribution in [2.45, 2.75) is 6.92 Å². The maximum atomic E-state index is 13.9. The van der Waals surface area contributed by atoms with E-state index in [-0.39, 0.29) is 11.6 Å². The SMILES string of the molecule is Cc1ccc2nc(N)n(-c3ccc(F)cc3F)c2n1. The van der Waals surface area contributed by atoms with Crippen molar-refractivity contribution in [1.82, 2.24) is 14.5 Å². The molecule has 2 heterocycles. The summed E-state index contributed by atoms with van der Waals surface area (Å²) in [7, 11) is 0. The minimum atomic E-state index is -0.714. The first kappa shape index (κ1) is 11.6. The van der Waals surface area contributed by atoms with Crippen molar-refractivity contribution in [2.24, 2.45) is 0 Å². The Kier molecular flexibility index (Phi) is 2.45. The topological polar surface area (TPSA) is 56.7 Å². The molecule has 96 valence electrons. The van der Waals surface area contributed by atoms with E-state index in [0.29, 0.717) is 11.2 Å². The number of aryl methyl sites for hydroxylation is 1. The zero-order chi connectivity index (χ0) is 13.6. The molecule has 0 aliphatic rings.